The first-order valence-corrected chi connectivity index (χ1v) is 12.1. The molecule has 4 rings (SSSR count). The highest BCUT2D eigenvalue weighted by Crippen LogP contribution is 2.42. The Labute approximate surface area is 199 Å². The number of rotatable bonds is 4. The number of amides is 1. The van der Waals surface area contributed by atoms with Crippen LogP contribution in [0.25, 0.3) is 10.9 Å². The first-order chi connectivity index (χ1) is 15.9. The van der Waals surface area contributed by atoms with E-state index in [1.54, 1.807) is 12.1 Å². The number of hydrogen-bond donors (Lipinski definition) is 2. The van der Waals surface area contributed by atoms with Gasteiger partial charge in [-0.2, -0.15) is 13.2 Å². The number of hydrogen-bond acceptors (Lipinski definition) is 4. The van der Waals surface area contributed by atoms with Gasteiger partial charge in [-0.15, -0.1) is 0 Å². The molecule has 2 aliphatic rings. The van der Waals surface area contributed by atoms with Gasteiger partial charge in [-0.25, -0.2) is 0 Å². The monoisotopic (exact) mass is 476 g/mol. The highest BCUT2D eigenvalue weighted by Gasteiger charge is 2.45. The zero-order valence-corrected chi connectivity index (χ0v) is 20.4. The lowest BCUT2D eigenvalue weighted by molar-refractivity contribution is -0.137. The van der Waals surface area contributed by atoms with Crippen molar-refractivity contribution >= 4 is 16.8 Å². The van der Waals surface area contributed by atoms with E-state index in [0.717, 1.165) is 38.5 Å². The summed E-state index contributed by atoms with van der Waals surface area (Å²) in [4.78, 5) is 20.2. The zero-order chi connectivity index (χ0) is 24.7. The van der Waals surface area contributed by atoms with E-state index in [1.807, 2.05) is 13.8 Å². The molecule has 0 radical (unpaired) electrons. The van der Waals surface area contributed by atoms with Gasteiger partial charge in [0.2, 0.25) is 5.91 Å². The summed E-state index contributed by atoms with van der Waals surface area (Å²) < 4.78 is 41.2. The van der Waals surface area contributed by atoms with Gasteiger partial charge in [0.25, 0.3) is 0 Å². The van der Waals surface area contributed by atoms with Crippen LogP contribution in [0.15, 0.2) is 30.5 Å². The van der Waals surface area contributed by atoms with Crippen LogP contribution in [-0.2, 0) is 16.5 Å². The second kappa shape index (κ2) is 9.11. The number of piperidine rings is 2. The lowest BCUT2D eigenvalue weighted by atomic mass is 9.71. The molecule has 8 heteroatoms. The van der Waals surface area contributed by atoms with Crippen LogP contribution in [0.5, 0.6) is 0 Å². The van der Waals surface area contributed by atoms with Crippen LogP contribution >= 0.6 is 0 Å². The fraction of sp³-hybridized carbons (Fsp3) is 0.615. The Kier molecular flexibility index (Phi) is 6.68. The van der Waals surface area contributed by atoms with Crippen molar-refractivity contribution in [2.75, 3.05) is 33.2 Å². The number of benzene rings is 1. The fourth-order valence-electron chi connectivity index (χ4n) is 5.75. The molecule has 2 aromatic rings. The Morgan fingerprint density at radius 1 is 1.21 bits per heavy atom. The van der Waals surface area contributed by atoms with Crippen LogP contribution in [0.4, 0.5) is 13.2 Å². The second-order valence-electron chi connectivity index (χ2n) is 10.8. The van der Waals surface area contributed by atoms with Gasteiger partial charge in [0, 0.05) is 23.5 Å². The molecule has 34 heavy (non-hydrogen) atoms. The number of aromatic nitrogens is 1. The molecule has 1 amide bonds. The number of fused-ring (bicyclic) bond motifs is 1. The van der Waals surface area contributed by atoms with Gasteiger partial charge < -0.3 is 15.5 Å². The summed E-state index contributed by atoms with van der Waals surface area (Å²) in [5.41, 5.74) is -1.54. The molecular weight excluding hydrogens is 441 g/mol. The van der Waals surface area contributed by atoms with Crippen molar-refractivity contribution in [3.8, 4) is 0 Å². The van der Waals surface area contributed by atoms with E-state index in [9.17, 15) is 18.0 Å². The van der Waals surface area contributed by atoms with Crippen LogP contribution < -0.4 is 10.6 Å². The van der Waals surface area contributed by atoms with Crippen LogP contribution in [0.1, 0.15) is 51.2 Å². The molecule has 2 fully saturated rings. The number of carbonyl (C=O) groups is 1. The van der Waals surface area contributed by atoms with Gasteiger partial charge in [-0.3, -0.25) is 9.78 Å². The van der Waals surface area contributed by atoms with Crippen molar-refractivity contribution in [1.82, 2.24) is 20.5 Å². The topological polar surface area (TPSA) is 57.3 Å². The molecule has 5 nitrogen and oxygen atoms in total. The van der Waals surface area contributed by atoms with E-state index in [2.05, 4.69) is 34.5 Å². The molecule has 2 aliphatic heterocycles. The molecule has 0 unspecified atom stereocenters. The summed E-state index contributed by atoms with van der Waals surface area (Å²) in [6.45, 7) is 9.27. The number of nitrogens with one attached hydrogen (secondary N) is 2. The highest BCUT2D eigenvalue weighted by atomic mass is 19.4. The van der Waals surface area contributed by atoms with Gasteiger partial charge in [-0.05, 0) is 75.5 Å². The van der Waals surface area contributed by atoms with E-state index >= 15 is 0 Å². The molecule has 0 bridgehead atoms. The second-order valence-corrected chi connectivity index (χ2v) is 10.8. The van der Waals surface area contributed by atoms with E-state index in [0.29, 0.717) is 23.9 Å². The number of likely N-dealkylation sites (tertiary alicyclic amines) is 1. The largest absolute Gasteiger partial charge is 0.418 e. The van der Waals surface area contributed by atoms with E-state index in [1.165, 1.54) is 12.3 Å². The molecule has 186 valence electrons. The molecular formula is C26H35F3N4O. The Hall–Kier alpha value is -2.19. The van der Waals surface area contributed by atoms with Crippen LogP contribution in [0.3, 0.4) is 0 Å². The van der Waals surface area contributed by atoms with E-state index < -0.39 is 22.7 Å². The van der Waals surface area contributed by atoms with Crippen molar-refractivity contribution in [2.24, 2.45) is 17.3 Å². The number of alkyl halides is 3. The Balaban J connectivity index is 1.76. The van der Waals surface area contributed by atoms with Crippen LogP contribution in [0.2, 0.25) is 0 Å². The SMILES string of the molecule is C[C@@H]1CNC[C@](NC(=O)C(C)(C)C2CCN(C)CC2)(c2ccc(C(F)(F)F)c3ncccc23)C1. The highest BCUT2D eigenvalue weighted by molar-refractivity contribution is 5.89. The summed E-state index contributed by atoms with van der Waals surface area (Å²) in [7, 11) is 2.09. The summed E-state index contributed by atoms with van der Waals surface area (Å²) in [6, 6.07) is 5.99. The number of nitrogens with zero attached hydrogens (tertiary/aromatic N) is 2. The number of pyridine rings is 1. The minimum absolute atomic E-state index is 0.0464. The van der Waals surface area contributed by atoms with Gasteiger partial charge in [0.15, 0.2) is 0 Å². The predicted octanol–water partition coefficient (Wildman–Crippen LogP) is 4.56. The normalized spacial score (nSPS) is 25.4. The number of carbonyl (C=O) groups excluding carboxylic acids is 1. The minimum atomic E-state index is -4.50. The van der Waals surface area contributed by atoms with Gasteiger partial charge in [0.1, 0.15) is 0 Å². The van der Waals surface area contributed by atoms with Crippen molar-refractivity contribution in [2.45, 2.75) is 51.7 Å². The van der Waals surface area contributed by atoms with Gasteiger partial charge in [-0.1, -0.05) is 32.9 Å². The molecule has 0 saturated carbocycles. The molecule has 1 aromatic heterocycles. The van der Waals surface area contributed by atoms with Gasteiger partial charge in [0.05, 0.1) is 16.6 Å². The zero-order valence-electron chi connectivity index (χ0n) is 20.4. The maximum absolute atomic E-state index is 13.8. The third kappa shape index (κ3) is 4.67. The van der Waals surface area contributed by atoms with Gasteiger partial charge >= 0.3 is 6.18 Å². The number of halogens is 3. The average Bonchev–Trinajstić information content (AvgIpc) is 2.78. The summed E-state index contributed by atoms with van der Waals surface area (Å²) >= 11 is 0. The first kappa shape index (κ1) is 24.9. The van der Waals surface area contributed by atoms with Crippen molar-refractivity contribution in [3.05, 3.63) is 41.6 Å². The predicted molar refractivity (Wildman–Crippen MR) is 127 cm³/mol. The molecule has 2 atom stereocenters. The summed E-state index contributed by atoms with van der Waals surface area (Å²) in [5, 5.41) is 7.20. The Bertz CT molecular complexity index is 1050. The molecule has 2 N–H and O–H groups in total. The first-order valence-electron chi connectivity index (χ1n) is 12.1. The minimum Gasteiger partial charge on any atom is -0.345 e. The van der Waals surface area contributed by atoms with Crippen molar-refractivity contribution in [1.29, 1.82) is 0 Å². The van der Waals surface area contributed by atoms with Crippen molar-refractivity contribution in [3.63, 3.8) is 0 Å². The van der Waals surface area contributed by atoms with E-state index in [-0.39, 0.29) is 23.3 Å². The molecule has 2 saturated heterocycles. The quantitative estimate of drug-likeness (QED) is 0.679. The molecule has 1 aromatic carbocycles. The summed E-state index contributed by atoms with van der Waals surface area (Å²) in [6.07, 6.45) is -0.574. The lowest BCUT2D eigenvalue weighted by Gasteiger charge is -2.46. The third-order valence-corrected chi connectivity index (χ3v) is 7.88. The fourth-order valence-corrected chi connectivity index (χ4v) is 5.75. The molecule has 3 heterocycles. The molecule has 0 spiro atoms. The average molecular weight is 477 g/mol. The smallest absolute Gasteiger partial charge is 0.345 e. The lowest BCUT2D eigenvalue weighted by Crippen LogP contribution is -2.60. The van der Waals surface area contributed by atoms with Crippen LogP contribution in [0, 0.1) is 17.3 Å². The standard InChI is InChI=1S/C26H35F3N4O/c1-17-14-25(16-30-15-17,32-23(34)24(2,3)18-9-12-33(4)13-10-18)20-7-8-21(26(27,28)29)22-19(20)6-5-11-31-22/h5-8,11,17-18,30H,9-10,12-16H2,1-4H3,(H,32,34)/t17-,25-/m0/s1. The summed E-state index contributed by atoms with van der Waals surface area (Å²) in [5.74, 6) is 0.449. The van der Waals surface area contributed by atoms with E-state index in [4.69, 9.17) is 0 Å². The maximum atomic E-state index is 13.8. The Morgan fingerprint density at radius 2 is 1.91 bits per heavy atom. The molecule has 0 aliphatic carbocycles. The maximum Gasteiger partial charge on any atom is 0.418 e. The van der Waals surface area contributed by atoms with Crippen LogP contribution in [-0.4, -0.2) is 49.0 Å². The Morgan fingerprint density at radius 3 is 2.56 bits per heavy atom. The third-order valence-electron chi connectivity index (χ3n) is 7.88. The van der Waals surface area contributed by atoms with Crippen molar-refractivity contribution < 1.29 is 18.0 Å².